The molecular weight excluding hydrogens is 462 g/mol. The highest BCUT2D eigenvalue weighted by molar-refractivity contribution is 9.10. The number of nitrogens with one attached hydrogen (secondary N) is 1. The first-order valence-electron chi connectivity index (χ1n) is 8.15. The third-order valence-electron chi connectivity index (χ3n) is 3.62. The Labute approximate surface area is 177 Å². The monoisotopic (exact) mass is 475 g/mol. The van der Waals surface area contributed by atoms with Gasteiger partial charge in [0.25, 0.3) is 0 Å². The van der Waals surface area contributed by atoms with Gasteiger partial charge in [0.05, 0.1) is 12.9 Å². The molecule has 0 aliphatic heterocycles. The number of thioether (sulfide) groups is 1. The second-order valence-corrected chi connectivity index (χ2v) is 8.64. The van der Waals surface area contributed by atoms with Crippen molar-refractivity contribution < 1.29 is 9.15 Å². The van der Waals surface area contributed by atoms with Gasteiger partial charge in [-0.25, -0.2) is 0 Å². The third-order valence-corrected chi connectivity index (χ3v) is 6.11. The highest BCUT2D eigenvalue weighted by Crippen LogP contribution is 2.30. The minimum atomic E-state index is 0.502. The van der Waals surface area contributed by atoms with Crippen LogP contribution in [-0.4, -0.2) is 27.5 Å². The molecule has 0 unspecified atom stereocenters. The lowest BCUT2D eigenvalue weighted by Crippen LogP contribution is -1.89. The Bertz CT molecular complexity index is 1050. The third kappa shape index (κ3) is 4.70. The van der Waals surface area contributed by atoms with Crippen LogP contribution in [0.25, 0.3) is 11.5 Å². The number of hydrogen-bond donors (Lipinski definition) is 1. The Morgan fingerprint density at radius 2 is 1.82 bits per heavy atom. The van der Waals surface area contributed by atoms with Gasteiger partial charge < -0.3 is 14.5 Å². The quantitative estimate of drug-likeness (QED) is 0.355. The average Bonchev–Trinajstić information content (AvgIpc) is 3.37. The van der Waals surface area contributed by atoms with Gasteiger partial charge in [-0.2, -0.15) is 0 Å². The highest BCUT2D eigenvalue weighted by Gasteiger charge is 2.11. The summed E-state index contributed by atoms with van der Waals surface area (Å²) in [5.74, 6) is 2.38. The Balaban J connectivity index is 1.35. The van der Waals surface area contributed by atoms with Crippen molar-refractivity contribution in [2.75, 3.05) is 12.4 Å². The van der Waals surface area contributed by atoms with E-state index in [2.05, 4.69) is 41.6 Å². The van der Waals surface area contributed by atoms with Crippen molar-refractivity contribution in [1.29, 1.82) is 0 Å². The van der Waals surface area contributed by atoms with Crippen LogP contribution >= 0.6 is 39.0 Å². The highest BCUT2D eigenvalue weighted by atomic mass is 79.9. The normalized spacial score (nSPS) is 10.8. The smallest absolute Gasteiger partial charge is 0.247 e. The van der Waals surface area contributed by atoms with Crippen LogP contribution in [0.4, 0.5) is 10.8 Å². The first-order chi connectivity index (χ1) is 13.7. The Morgan fingerprint density at radius 3 is 2.57 bits per heavy atom. The Morgan fingerprint density at radius 1 is 1.04 bits per heavy atom. The molecule has 0 amide bonds. The predicted octanol–water partition coefficient (Wildman–Crippen LogP) is 5.40. The molecule has 28 heavy (non-hydrogen) atoms. The number of hydrogen-bond acceptors (Lipinski definition) is 9. The molecule has 7 nitrogen and oxygen atoms in total. The van der Waals surface area contributed by atoms with Crippen molar-refractivity contribution in [1.82, 2.24) is 20.4 Å². The van der Waals surface area contributed by atoms with E-state index in [1.807, 2.05) is 48.5 Å². The molecule has 0 fully saturated rings. The van der Waals surface area contributed by atoms with E-state index < -0.39 is 0 Å². The number of rotatable bonds is 7. The molecule has 10 heteroatoms. The molecule has 142 valence electrons. The van der Waals surface area contributed by atoms with Gasteiger partial charge in [-0.1, -0.05) is 39.0 Å². The van der Waals surface area contributed by atoms with Crippen LogP contribution in [0.15, 0.2) is 61.8 Å². The Kier molecular flexibility index (Phi) is 5.89. The van der Waals surface area contributed by atoms with Gasteiger partial charge in [0.2, 0.25) is 16.9 Å². The molecule has 4 rings (SSSR count). The van der Waals surface area contributed by atoms with Gasteiger partial charge in [-0.3, -0.25) is 0 Å². The number of halogens is 1. The van der Waals surface area contributed by atoms with Gasteiger partial charge in [0.15, 0.2) is 4.34 Å². The molecule has 2 aromatic carbocycles. The fourth-order valence-electron chi connectivity index (χ4n) is 2.26. The fraction of sp³-hybridized carbons (Fsp3) is 0.111. The Hall–Kier alpha value is -2.43. The number of nitrogens with zero attached hydrogens (tertiary/aromatic N) is 4. The number of methoxy groups -OCH3 is 1. The second-order valence-electron chi connectivity index (χ2n) is 5.52. The molecule has 1 N–H and O–H groups in total. The lowest BCUT2D eigenvalue weighted by molar-refractivity contribution is 0.415. The van der Waals surface area contributed by atoms with Crippen molar-refractivity contribution in [3.05, 3.63) is 58.9 Å². The molecule has 0 saturated heterocycles. The first-order valence-corrected chi connectivity index (χ1v) is 10.7. The van der Waals surface area contributed by atoms with E-state index in [0.29, 0.717) is 22.7 Å². The van der Waals surface area contributed by atoms with Crippen LogP contribution in [0, 0.1) is 0 Å². The maximum absolute atomic E-state index is 5.73. The lowest BCUT2D eigenvalue weighted by Gasteiger charge is -2.03. The summed E-state index contributed by atoms with van der Waals surface area (Å²) >= 11 is 6.38. The predicted molar refractivity (Wildman–Crippen MR) is 113 cm³/mol. The molecule has 0 spiro atoms. The van der Waals surface area contributed by atoms with Crippen molar-refractivity contribution in [2.24, 2.45) is 0 Å². The van der Waals surface area contributed by atoms with E-state index in [1.54, 1.807) is 7.11 Å². The second kappa shape index (κ2) is 8.72. The molecule has 0 atom stereocenters. The average molecular weight is 476 g/mol. The SMILES string of the molecule is COc1ccc(Nc2nnc(SCc3nnc(-c4ccc(Br)cc4)o3)s2)cc1. The lowest BCUT2D eigenvalue weighted by atomic mass is 10.2. The van der Waals surface area contributed by atoms with Crippen LogP contribution in [0.2, 0.25) is 0 Å². The number of aromatic nitrogens is 4. The summed E-state index contributed by atoms with van der Waals surface area (Å²) in [5, 5.41) is 20.5. The van der Waals surface area contributed by atoms with E-state index >= 15 is 0 Å². The van der Waals surface area contributed by atoms with Crippen molar-refractivity contribution in [3.8, 4) is 17.2 Å². The summed E-state index contributed by atoms with van der Waals surface area (Å²) in [6, 6.07) is 15.4. The van der Waals surface area contributed by atoms with Crippen LogP contribution < -0.4 is 10.1 Å². The first kappa shape index (κ1) is 18.9. The number of ether oxygens (including phenoxy) is 1. The maximum Gasteiger partial charge on any atom is 0.247 e. The van der Waals surface area contributed by atoms with Gasteiger partial charge in [-0.15, -0.1) is 20.4 Å². The van der Waals surface area contributed by atoms with Gasteiger partial charge in [0.1, 0.15) is 5.75 Å². The summed E-state index contributed by atoms with van der Waals surface area (Å²) in [7, 11) is 1.64. The van der Waals surface area contributed by atoms with Gasteiger partial charge in [0, 0.05) is 15.7 Å². The maximum atomic E-state index is 5.73. The van der Waals surface area contributed by atoms with Crippen molar-refractivity contribution in [3.63, 3.8) is 0 Å². The molecule has 2 aromatic heterocycles. The zero-order chi connectivity index (χ0) is 19.3. The molecule has 2 heterocycles. The van der Waals surface area contributed by atoms with E-state index in [1.165, 1.54) is 23.1 Å². The summed E-state index contributed by atoms with van der Waals surface area (Å²) < 4.78 is 12.7. The summed E-state index contributed by atoms with van der Waals surface area (Å²) in [5.41, 5.74) is 1.80. The fourth-order valence-corrected chi connectivity index (χ4v) is 4.13. The summed E-state index contributed by atoms with van der Waals surface area (Å²) in [6.07, 6.45) is 0. The standard InChI is InChI=1S/C18H14BrN5O2S2/c1-25-14-8-6-13(7-9-14)20-17-23-24-18(28-17)27-10-15-21-22-16(26-15)11-2-4-12(19)5-3-11/h2-9H,10H2,1H3,(H,20,23). The zero-order valence-corrected chi connectivity index (χ0v) is 17.8. The number of benzene rings is 2. The van der Waals surface area contributed by atoms with Crippen LogP contribution in [0.3, 0.4) is 0 Å². The van der Waals surface area contributed by atoms with Crippen molar-refractivity contribution >= 4 is 49.8 Å². The van der Waals surface area contributed by atoms with Crippen LogP contribution in [0.1, 0.15) is 5.89 Å². The van der Waals surface area contributed by atoms with Gasteiger partial charge >= 0.3 is 0 Å². The van der Waals surface area contributed by atoms with Gasteiger partial charge in [-0.05, 0) is 48.5 Å². The molecule has 0 radical (unpaired) electrons. The molecule has 0 aliphatic carbocycles. The minimum Gasteiger partial charge on any atom is -0.497 e. The largest absolute Gasteiger partial charge is 0.497 e. The van der Waals surface area contributed by atoms with E-state index in [4.69, 9.17) is 9.15 Å². The minimum absolute atomic E-state index is 0.502. The zero-order valence-electron chi connectivity index (χ0n) is 14.6. The molecule has 0 saturated carbocycles. The molecule has 0 aliphatic rings. The van der Waals surface area contributed by atoms with Crippen LogP contribution in [0.5, 0.6) is 5.75 Å². The summed E-state index contributed by atoms with van der Waals surface area (Å²) in [6.45, 7) is 0. The summed E-state index contributed by atoms with van der Waals surface area (Å²) in [4.78, 5) is 0. The topological polar surface area (TPSA) is 86.0 Å². The van der Waals surface area contributed by atoms with Crippen LogP contribution in [-0.2, 0) is 5.75 Å². The number of anilines is 2. The van der Waals surface area contributed by atoms with E-state index in [9.17, 15) is 0 Å². The molecular formula is C18H14BrN5O2S2. The van der Waals surface area contributed by atoms with E-state index in [0.717, 1.165) is 25.8 Å². The van der Waals surface area contributed by atoms with E-state index in [-0.39, 0.29) is 0 Å². The molecule has 0 bridgehead atoms. The van der Waals surface area contributed by atoms with Crippen molar-refractivity contribution in [2.45, 2.75) is 10.1 Å². The molecule has 4 aromatic rings.